The average molecular weight is 375 g/mol. The van der Waals surface area contributed by atoms with Gasteiger partial charge in [-0.3, -0.25) is 14.7 Å². The summed E-state index contributed by atoms with van der Waals surface area (Å²) in [5.74, 6) is 1.04. The SMILES string of the molecule is CC(C)c1ccc(CN2CCc3nc(-c4cnccn4)[nH]c(=O)c3CC2)cc1. The zero-order chi connectivity index (χ0) is 19.5. The van der Waals surface area contributed by atoms with Gasteiger partial charge in [0.2, 0.25) is 0 Å². The minimum Gasteiger partial charge on any atom is -0.305 e. The topological polar surface area (TPSA) is 74.8 Å². The van der Waals surface area contributed by atoms with Crippen molar-refractivity contribution in [1.82, 2.24) is 24.8 Å². The summed E-state index contributed by atoms with van der Waals surface area (Å²) in [5.41, 5.74) is 4.87. The maximum absolute atomic E-state index is 12.6. The number of nitrogens with one attached hydrogen (secondary N) is 1. The van der Waals surface area contributed by atoms with Crippen molar-refractivity contribution in [3.05, 3.63) is 75.6 Å². The van der Waals surface area contributed by atoms with Gasteiger partial charge in [0.25, 0.3) is 5.56 Å². The van der Waals surface area contributed by atoms with Gasteiger partial charge in [0.05, 0.1) is 11.9 Å². The molecule has 3 heterocycles. The minimum absolute atomic E-state index is 0.0613. The molecule has 28 heavy (non-hydrogen) atoms. The van der Waals surface area contributed by atoms with E-state index in [4.69, 9.17) is 4.98 Å². The Kier molecular flexibility index (Phi) is 5.30. The predicted molar refractivity (Wildman–Crippen MR) is 109 cm³/mol. The molecule has 0 saturated heterocycles. The summed E-state index contributed by atoms with van der Waals surface area (Å²) in [6, 6.07) is 8.85. The molecule has 1 aromatic carbocycles. The van der Waals surface area contributed by atoms with Crippen LogP contribution in [0, 0.1) is 0 Å². The molecule has 0 bridgehead atoms. The van der Waals surface area contributed by atoms with Crippen LogP contribution < -0.4 is 5.56 Å². The summed E-state index contributed by atoms with van der Waals surface area (Å²) < 4.78 is 0. The van der Waals surface area contributed by atoms with Gasteiger partial charge >= 0.3 is 0 Å². The van der Waals surface area contributed by atoms with E-state index in [1.54, 1.807) is 18.6 Å². The zero-order valence-corrected chi connectivity index (χ0v) is 16.4. The molecule has 0 saturated carbocycles. The fraction of sp³-hybridized carbons (Fsp3) is 0.364. The van der Waals surface area contributed by atoms with Gasteiger partial charge in [-0.25, -0.2) is 9.97 Å². The van der Waals surface area contributed by atoms with Gasteiger partial charge in [0.15, 0.2) is 5.82 Å². The highest BCUT2D eigenvalue weighted by atomic mass is 16.1. The molecule has 0 atom stereocenters. The second kappa shape index (κ2) is 8.02. The van der Waals surface area contributed by atoms with E-state index in [0.29, 0.717) is 23.9 Å². The molecule has 1 aliphatic heterocycles. The second-order valence-electron chi connectivity index (χ2n) is 7.60. The van der Waals surface area contributed by atoms with Crippen LogP contribution in [0.15, 0.2) is 47.7 Å². The normalized spacial score (nSPS) is 14.7. The maximum atomic E-state index is 12.6. The number of aromatic nitrogens is 4. The molecule has 0 amide bonds. The first kappa shape index (κ1) is 18.5. The number of hydrogen-bond donors (Lipinski definition) is 1. The van der Waals surface area contributed by atoms with Gasteiger partial charge in [0.1, 0.15) is 5.69 Å². The van der Waals surface area contributed by atoms with Crippen LogP contribution in [-0.4, -0.2) is 37.9 Å². The van der Waals surface area contributed by atoms with Crippen molar-refractivity contribution >= 4 is 0 Å². The first-order valence-corrected chi connectivity index (χ1v) is 9.80. The van der Waals surface area contributed by atoms with Gasteiger partial charge < -0.3 is 4.98 Å². The standard InChI is InChI=1S/C22H25N5O/c1-15(2)17-5-3-16(4-6-17)14-27-11-7-18-19(8-12-27)25-21(26-22(18)28)20-13-23-9-10-24-20/h3-6,9-10,13,15H,7-8,11-12,14H2,1-2H3,(H,25,26,28). The Morgan fingerprint density at radius 2 is 1.89 bits per heavy atom. The van der Waals surface area contributed by atoms with E-state index >= 15 is 0 Å². The lowest BCUT2D eigenvalue weighted by atomic mass is 10.0. The molecule has 2 aromatic heterocycles. The van der Waals surface area contributed by atoms with Crippen molar-refractivity contribution in [3.63, 3.8) is 0 Å². The van der Waals surface area contributed by atoms with Gasteiger partial charge in [-0.05, 0) is 23.5 Å². The van der Waals surface area contributed by atoms with Crippen LogP contribution in [0.4, 0.5) is 0 Å². The van der Waals surface area contributed by atoms with Gasteiger partial charge in [-0.2, -0.15) is 0 Å². The quantitative estimate of drug-likeness (QED) is 0.759. The monoisotopic (exact) mass is 375 g/mol. The molecule has 144 valence electrons. The molecule has 6 heteroatoms. The molecule has 1 aliphatic rings. The second-order valence-corrected chi connectivity index (χ2v) is 7.60. The highest BCUT2D eigenvalue weighted by Gasteiger charge is 2.19. The van der Waals surface area contributed by atoms with Crippen LogP contribution in [0.3, 0.4) is 0 Å². The van der Waals surface area contributed by atoms with E-state index in [2.05, 4.69) is 58.0 Å². The zero-order valence-electron chi connectivity index (χ0n) is 16.4. The molecule has 0 spiro atoms. The average Bonchev–Trinajstić information content (AvgIpc) is 2.92. The van der Waals surface area contributed by atoms with Crippen molar-refractivity contribution in [3.8, 4) is 11.5 Å². The number of hydrogen-bond acceptors (Lipinski definition) is 5. The fourth-order valence-corrected chi connectivity index (χ4v) is 3.62. The Morgan fingerprint density at radius 3 is 2.61 bits per heavy atom. The van der Waals surface area contributed by atoms with Crippen molar-refractivity contribution in [2.75, 3.05) is 13.1 Å². The first-order valence-electron chi connectivity index (χ1n) is 9.80. The van der Waals surface area contributed by atoms with E-state index in [-0.39, 0.29) is 5.56 Å². The lowest BCUT2D eigenvalue weighted by molar-refractivity contribution is 0.279. The molecule has 0 fully saturated rings. The van der Waals surface area contributed by atoms with Gasteiger partial charge in [-0.15, -0.1) is 0 Å². The predicted octanol–water partition coefficient (Wildman–Crippen LogP) is 2.95. The summed E-state index contributed by atoms with van der Waals surface area (Å²) in [7, 11) is 0. The number of rotatable bonds is 4. The third-order valence-corrected chi connectivity index (χ3v) is 5.30. The Balaban J connectivity index is 1.50. The van der Waals surface area contributed by atoms with Crippen molar-refractivity contribution in [1.29, 1.82) is 0 Å². The molecule has 1 N–H and O–H groups in total. The third kappa shape index (κ3) is 4.02. The smallest absolute Gasteiger partial charge is 0.254 e. The van der Waals surface area contributed by atoms with E-state index in [1.165, 1.54) is 11.1 Å². The molecule has 0 unspecified atom stereocenters. The Bertz CT molecular complexity index is 996. The van der Waals surface area contributed by atoms with Crippen LogP contribution in [-0.2, 0) is 19.4 Å². The summed E-state index contributed by atoms with van der Waals surface area (Å²) in [6.07, 6.45) is 6.30. The third-order valence-electron chi connectivity index (χ3n) is 5.30. The van der Waals surface area contributed by atoms with E-state index in [9.17, 15) is 4.79 Å². The maximum Gasteiger partial charge on any atom is 0.254 e. The first-order chi connectivity index (χ1) is 13.6. The largest absolute Gasteiger partial charge is 0.305 e. The summed E-state index contributed by atoms with van der Waals surface area (Å²) in [5, 5.41) is 0. The molecular formula is C22H25N5O. The summed E-state index contributed by atoms with van der Waals surface area (Å²) in [6.45, 7) is 7.05. The minimum atomic E-state index is -0.0613. The number of nitrogens with zero attached hydrogens (tertiary/aromatic N) is 4. The van der Waals surface area contributed by atoms with E-state index in [0.717, 1.165) is 37.3 Å². The van der Waals surface area contributed by atoms with Gasteiger partial charge in [0, 0.05) is 44.0 Å². The van der Waals surface area contributed by atoms with E-state index < -0.39 is 0 Å². The molecule has 3 aromatic rings. The lowest BCUT2D eigenvalue weighted by Gasteiger charge is -2.20. The van der Waals surface area contributed by atoms with Crippen LogP contribution in [0.25, 0.3) is 11.5 Å². The summed E-state index contributed by atoms with van der Waals surface area (Å²) >= 11 is 0. The molecule has 0 radical (unpaired) electrons. The van der Waals surface area contributed by atoms with E-state index in [1.807, 2.05) is 0 Å². The Morgan fingerprint density at radius 1 is 1.11 bits per heavy atom. The highest BCUT2D eigenvalue weighted by Crippen LogP contribution is 2.18. The molecule has 4 rings (SSSR count). The molecule has 0 aliphatic carbocycles. The van der Waals surface area contributed by atoms with Crippen LogP contribution >= 0.6 is 0 Å². The van der Waals surface area contributed by atoms with Crippen LogP contribution in [0.5, 0.6) is 0 Å². The fourth-order valence-electron chi connectivity index (χ4n) is 3.62. The molecular weight excluding hydrogens is 350 g/mol. The number of aromatic amines is 1. The number of benzene rings is 1. The Hall–Kier alpha value is -2.86. The van der Waals surface area contributed by atoms with Gasteiger partial charge in [-0.1, -0.05) is 38.1 Å². The Labute approximate surface area is 164 Å². The summed E-state index contributed by atoms with van der Waals surface area (Å²) in [4.78, 5) is 30.9. The lowest BCUT2D eigenvalue weighted by Crippen LogP contribution is -2.26. The van der Waals surface area contributed by atoms with Crippen molar-refractivity contribution < 1.29 is 0 Å². The number of fused-ring (bicyclic) bond motifs is 1. The van der Waals surface area contributed by atoms with Crippen LogP contribution in [0.2, 0.25) is 0 Å². The number of H-pyrrole nitrogens is 1. The van der Waals surface area contributed by atoms with Crippen molar-refractivity contribution in [2.45, 2.75) is 39.2 Å². The van der Waals surface area contributed by atoms with Crippen molar-refractivity contribution in [2.24, 2.45) is 0 Å². The molecule has 6 nitrogen and oxygen atoms in total. The highest BCUT2D eigenvalue weighted by molar-refractivity contribution is 5.47. The van der Waals surface area contributed by atoms with Crippen LogP contribution in [0.1, 0.15) is 42.1 Å².